The number of aromatic nitrogens is 1. The summed E-state index contributed by atoms with van der Waals surface area (Å²) >= 11 is 6.14. The Bertz CT molecular complexity index is 1120. The highest BCUT2D eigenvalue weighted by Gasteiger charge is 2.10. The number of nitrogens with zero attached hydrogens (tertiary/aromatic N) is 1. The molecule has 116 valence electrons. The lowest BCUT2D eigenvalue weighted by molar-refractivity contribution is 1.23. The van der Waals surface area contributed by atoms with Gasteiger partial charge >= 0.3 is 0 Å². The van der Waals surface area contributed by atoms with Crippen molar-refractivity contribution in [1.29, 1.82) is 0 Å². The zero-order valence-electron chi connectivity index (χ0n) is 12.9. The molecule has 0 fully saturated rings. The lowest BCUT2D eigenvalue weighted by Gasteiger charge is -2.06. The van der Waals surface area contributed by atoms with Gasteiger partial charge in [0.15, 0.2) is 0 Å². The second-order valence-corrected chi connectivity index (χ2v) is 6.20. The highest BCUT2D eigenvalue weighted by atomic mass is 35.5. The molecule has 0 atom stereocenters. The van der Waals surface area contributed by atoms with Gasteiger partial charge in [0.1, 0.15) is 0 Å². The number of benzene rings is 3. The van der Waals surface area contributed by atoms with Crippen molar-refractivity contribution < 1.29 is 0 Å². The molecule has 0 N–H and O–H groups in total. The first-order valence-corrected chi connectivity index (χ1v) is 8.15. The minimum atomic E-state index is -0.195. The van der Waals surface area contributed by atoms with Gasteiger partial charge in [0.05, 0.1) is 5.52 Å². The first-order chi connectivity index (χ1) is 11.7. The van der Waals surface area contributed by atoms with E-state index in [0.29, 0.717) is 16.8 Å². The van der Waals surface area contributed by atoms with Crippen LogP contribution in [-0.4, -0.2) is 4.98 Å². The van der Waals surface area contributed by atoms with E-state index in [1.165, 1.54) is 0 Å². The van der Waals surface area contributed by atoms with Crippen LogP contribution in [0.1, 0.15) is 11.1 Å². The van der Waals surface area contributed by atoms with Gasteiger partial charge in [0, 0.05) is 15.8 Å². The molecule has 1 aromatic heterocycles. The molecule has 0 amide bonds. The molecule has 4 aromatic rings. The maximum Gasteiger partial charge on any atom is 0.278 e. The number of fused-ring (bicyclic) bond motifs is 2. The molecule has 3 heteroatoms. The Labute approximate surface area is 144 Å². The second-order valence-electron chi connectivity index (χ2n) is 5.76. The van der Waals surface area contributed by atoms with Crippen molar-refractivity contribution in [2.75, 3.05) is 0 Å². The standard InChI is InChI=1S/C21H14ClNO/c22-15-7-5-6-14(12-15)13-19-16-8-1-2-10-18(16)21(24)23-20-11-4-3-9-17(19)20/h1-12H,13H2. The van der Waals surface area contributed by atoms with Crippen LogP contribution in [0.25, 0.3) is 21.7 Å². The molecule has 3 aromatic carbocycles. The van der Waals surface area contributed by atoms with Crippen molar-refractivity contribution >= 4 is 33.3 Å². The quantitative estimate of drug-likeness (QED) is 0.518. The highest BCUT2D eigenvalue weighted by molar-refractivity contribution is 6.30. The van der Waals surface area contributed by atoms with Gasteiger partial charge in [-0.1, -0.05) is 60.1 Å². The molecule has 0 unspecified atom stereocenters. The van der Waals surface area contributed by atoms with Crippen LogP contribution in [0, 0.1) is 0 Å². The Hall–Kier alpha value is -2.71. The van der Waals surface area contributed by atoms with Crippen LogP contribution in [0.15, 0.2) is 77.6 Å². The zero-order valence-corrected chi connectivity index (χ0v) is 13.6. The summed E-state index contributed by atoms with van der Waals surface area (Å²) in [5.41, 5.74) is 2.73. The summed E-state index contributed by atoms with van der Waals surface area (Å²) < 4.78 is 0. The Kier molecular flexibility index (Phi) is 3.75. The van der Waals surface area contributed by atoms with E-state index in [-0.39, 0.29) is 5.56 Å². The van der Waals surface area contributed by atoms with E-state index in [1.54, 1.807) is 0 Å². The normalized spacial score (nSPS) is 11.0. The minimum absolute atomic E-state index is 0.195. The van der Waals surface area contributed by atoms with E-state index in [0.717, 1.165) is 27.4 Å². The summed E-state index contributed by atoms with van der Waals surface area (Å²) in [4.78, 5) is 16.8. The van der Waals surface area contributed by atoms with E-state index in [1.807, 2.05) is 72.8 Å². The molecule has 2 nitrogen and oxygen atoms in total. The molecule has 0 saturated carbocycles. The number of rotatable bonds is 2. The van der Waals surface area contributed by atoms with Gasteiger partial charge in [-0.05, 0) is 47.2 Å². The van der Waals surface area contributed by atoms with Crippen LogP contribution in [0.3, 0.4) is 0 Å². The molecular formula is C21H14ClNO. The fraction of sp³-hybridized carbons (Fsp3) is 0.0476. The predicted octanol–water partition coefficient (Wildman–Crippen LogP) is 4.99. The molecule has 0 aliphatic rings. The first kappa shape index (κ1) is 14.9. The van der Waals surface area contributed by atoms with Crippen LogP contribution < -0.4 is 5.56 Å². The molecule has 0 saturated heterocycles. The average Bonchev–Trinajstić information content (AvgIpc) is 2.71. The maximum atomic E-state index is 12.5. The summed E-state index contributed by atoms with van der Waals surface area (Å²) in [6.45, 7) is 0. The number of para-hydroxylation sites is 1. The molecule has 0 bridgehead atoms. The van der Waals surface area contributed by atoms with E-state index >= 15 is 0 Å². The summed E-state index contributed by atoms with van der Waals surface area (Å²) in [5, 5.41) is 3.29. The van der Waals surface area contributed by atoms with Gasteiger partial charge in [-0.25, -0.2) is 4.98 Å². The molecule has 0 aliphatic carbocycles. The van der Waals surface area contributed by atoms with Gasteiger partial charge in [-0.15, -0.1) is 0 Å². The van der Waals surface area contributed by atoms with Crippen molar-refractivity contribution in [2.45, 2.75) is 6.42 Å². The Balaban J connectivity index is 2.11. The van der Waals surface area contributed by atoms with Gasteiger partial charge in [0.25, 0.3) is 5.56 Å². The Morgan fingerprint density at radius 1 is 0.792 bits per heavy atom. The van der Waals surface area contributed by atoms with E-state index in [2.05, 4.69) is 4.98 Å². The van der Waals surface area contributed by atoms with Gasteiger partial charge < -0.3 is 0 Å². The van der Waals surface area contributed by atoms with Crippen molar-refractivity contribution in [1.82, 2.24) is 4.98 Å². The highest BCUT2D eigenvalue weighted by Crippen LogP contribution is 2.26. The van der Waals surface area contributed by atoms with Gasteiger partial charge in [-0.2, -0.15) is 0 Å². The van der Waals surface area contributed by atoms with Crippen LogP contribution in [0.4, 0.5) is 0 Å². The largest absolute Gasteiger partial charge is 0.278 e. The SMILES string of the molecule is O=c1nc2ccccc2c(Cc2cccc(Cl)c2)c2ccccc12. The summed E-state index contributed by atoms with van der Waals surface area (Å²) in [7, 11) is 0. The van der Waals surface area contributed by atoms with Gasteiger partial charge in [0.2, 0.25) is 0 Å². The molecule has 0 spiro atoms. The van der Waals surface area contributed by atoms with Crippen LogP contribution in [0.2, 0.25) is 5.02 Å². The van der Waals surface area contributed by atoms with Crippen LogP contribution >= 0.6 is 11.6 Å². The fourth-order valence-electron chi connectivity index (χ4n) is 3.12. The molecule has 0 aliphatic heterocycles. The van der Waals surface area contributed by atoms with E-state index in [9.17, 15) is 4.79 Å². The van der Waals surface area contributed by atoms with E-state index in [4.69, 9.17) is 11.6 Å². The average molecular weight is 332 g/mol. The molecule has 1 heterocycles. The van der Waals surface area contributed by atoms with Crippen molar-refractivity contribution in [3.05, 3.63) is 99.3 Å². The lowest BCUT2D eigenvalue weighted by Crippen LogP contribution is -2.01. The molecular weight excluding hydrogens is 318 g/mol. The number of hydrogen-bond donors (Lipinski definition) is 0. The third kappa shape index (κ3) is 2.66. The number of halogens is 1. The van der Waals surface area contributed by atoms with Crippen molar-refractivity contribution in [3.63, 3.8) is 0 Å². The third-order valence-corrected chi connectivity index (χ3v) is 4.44. The molecule has 24 heavy (non-hydrogen) atoms. The number of hydrogen-bond acceptors (Lipinski definition) is 2. The van der Waals surface area contributed by atoms with Crippen LogP contribution in [-0.2, 0) is 6.42 Å². The fourth-order valence-corrected chi connectivity index (χ4v) is 3.33. The summed E-state index contributed by atoms with van der Waals surface area (Å²) in [6, 6.07) is 23.3. The minimum Gasteiger partial charge on any atom is -0.267 e. The topological polar surface area (TPSA) is 30.0 Å². The van der Waals surface area contributed by atoms with Gasteiger partial charge in [-0.3, -0.25) is 4.79 Å². The molecule has 4 rings (SSSR count). The van der Waals surface area contributed by atoms with Crippen molar-refractivity contribution in [2.24, 2.45) is 0 Å². The molecule has 0 radical (unpaired) electrons. The maximum absolute atomic E-state index is 12.5. The van der Waals surface area contributed by atoms with E-state index < -0.39 is 0 Å². The summed E-state index contributed by atoms with van der Waals surface area (Å²) in [6.07, 6.45) is 0.692. The Morgan fingerprint density at radius 2 is 1.50 bits per heavy atom. The smallest absolute Gasteiger partial charge is 0.267 e. The lowest BCUT2D eigenvalue weighted by atomic mass is 9.97. The second kappa shape index (κ2) is 6.06. The Morgan fingerprint density at radius 3 is 2.29 bits per heavy atom. The predicted molar refractivity (Wildman–Crippen MR) is 99.8 cm³/mol. The summed E-state index contributed by atoms with van der Waals surface area (Å²) in [5.74, 6) is 0. The van der Waals surface area contributed by atoms with Crippen LogP contribution in [0.5, 0.6) is 0 Å². The third-order valence-electron chi connectivity index (χ3n) is 4.20. The van der Waals surface area contributed by atoms with Crippen molar-refractivity contribution in [3.8, 4) is 0 Å². The zero-order chi connectivity index (χ0) is 16.5. The monoisotopic (exact) mass is 331 g/mol. The first-order valence-electron chi connectivity index (χ1n) is 7.77.